The highest BCUT2D eigenvalue weighted by Crippen LogP contribution is 2.27. The third-order valence-electron chi connectivity index (χ3n) is 4.06. The van der Waals surface area contributed by atoms with E-state index in [1.165, 1.54) is 0 Å². The minimum Gasteiger partial charge on any atom is -0.396 e. The van der Waals surface area contributed by atoms with E-state index < -0.39 is 10.0 Å². The van der Waals surface area contributed by atoms with Crippen molar-refractivity contribution in [1.82, 2.24) is 4.72 Å². The molecule has 2 unspecified atom stereocenters. The number of aliphatic hydroxyl groups excluding tert-OH is 1. The van der Waals surface area contributed by atoms with Gasteiger partial charge in [0.25, 0.3) is 0 Å². The van der Waals surface area contributed by atoms with Crippen molar-refractivity contribution >= 4 is 10.0 Å². The summed E-state index contributed by atoms with van der Waals surface area (Å²) < 4.78 is 27.4. The van der Waals surface area contributed by atoms with Gasteiger partial charge in [-0.05, 0) is 42.4 Å². The number of sulfonamides is 1. The maximum atomic E-state index is 12.3. The first-order chi connectivity index (χ1) is 9.44. The first-order valence-electron chi connectivity index (χ1n) is 7.17. The fourth-order valence-electron chi connectivity index (χ4n) is 2.71. The van der Waals surface area contributed by atoms with Gasteiger partial charge in [0.2, 0.25) is 10.0 Å². The lowest BCUT2D eigenvalue weighted by molar-refractivity contribution is 0.213. The Morgan fingerprint density at radius 1 is 1.25 bits per heavy atom. The third-order valence-corrected chi connectivity index (χ3v) is 5.56. The van der Waals surface area contributed by atoms with Crippen molar-refractivity contribution in [2.45, 2.75) is 50.0 Å². The summed E-state index contributed by atoms with van der Waals surface area (Å²) in [4.78, 5) is 0.297. The molecule has 4 nitrogen and oxygen atoms in total. The van der Waals surface area contributed by atoms with Gasteiger partial charge in [0.15, 0.2) is 0 Å². The van der Waals surface area contributed by atoms with Crippen LogP contribution >= 0.6 is 0 Å². The molecule has 1 fully saturated rings. The van der Waals surface area contributed by atoms with Crippen LogP contribution in [0.4, 0.5) is 0 Å². The number of hydrogen-bond donors (Lipinski definition) is 2. The monoisotopic (exact) mass is 297 g/mol. The highest BCUT2D eigenvalue weighted by atomic mass is 32.2. The number of hydrogen-bond acceptors (Lipinski definition) is 3. The summed E-state index contributed by atoms with van der Waals surface area (Å²) in [6.45, 7) is 4.19. The predicted octanol–water partition coefficient (Wildman–Crippen LogP) is 2.25. The van der Waals surface area contributed by atoms with Crippen LogP contribution in [-0.2, 0) is 10.0 Å². The van der Waals surface area contributed by atoms with E-state index >= 15 is 0 Å². The van der Waals surface area contributed by atoms with E-state index in [1.807, 2.05) is 12.1 Å². The Labute approximate surface area is 121 Å². The van der Waals surface area contributed by atoms with E-state index in [1.54, 1.807) is 12.1 Å². The second kappa shape index (κ2) is 6.24. The molecule has 1 saturated carbocycles. The molecular formula is C15H23NO3S. The van der Waals surface area contributed by atoms with Crippen LogP contribution in [0.3, 0.4) is 0 Å². The maximum absolute atomic E-state index is 12.3. The van der Waals surface area contributed by atoms with E-state index in [9.17, 15) is 13.5 Å². The van der Waals surface area contributed by atoms with Crippen LogP contribution in [0.25, 0.3) is 0 Å². The molecule has 0 aromatic heterocycles. The van der Waals surface area contributed by atoms with Gasteiger partial charge in [-0.2, -0.15) is 0 Å². The van der Waals surface area contributed by atoms with Gasteiger partial charge >= 0.3 is 0 Å². The van der Waals surface area contributed by atoms with Crippen LogP contribution in [0.1, 0.15) is 44.6 Å². The Morgan fingerprint density at radius 2 is 1.90 bits per heavy atom. The average molecular weight is 297 g/mol. The largest absolute Gasteiger partial charge is 0.396 e. The summed E-state index contributed by atoms with van der Waals surface area (Å²) >= 11 is 0. The smallest absolute Gasteiger partial charge is 0.240 e. The van der Waals surface area contributed by atoms with Crippen molar-refractivity contribution in [3.8, 4) is 0 Å². The summed E-state index contributed by atoms with van der Waals surface area (Å²) in [5, 5.41) is 9.27. The van der Waals surface area contributed by atoms with Crippen LogP contribution in [0.2, 0.25) is 0 Å². The summed E-state index contributed by atoms with van der Waals surface area (Å²) in [6.07, 6.45) is 2.65. The van der Waals surface area contributed by atoms with Crippen LogP contribution in [0.5, 0.6) is 0 Å². The van der Waals surface area contributed by atoms with E-state index in [0.717, 1.165) is 24.8 Å². The number of nitrogens with one attached hydrogen (secondary N) is 1. The molecule has 0 aliphatic heterocycles. The summed E-state index contributed by atoms with van der Waals surface area (Å²) in [5.74, 6) is 0.424. The molecule has 112 valence electrons. The molecule has 0 heterocycles. The fourth-order valence-corrected chi connectivity index (χ4v) is 4.05. The van der Waals surface area contributed by atoms with E-state index in [2.05, 4.69) is 18.6 Å². The zero-order chi connectivity index (χ0) is 14.8. The molecule has 0 radical (unpaired) electrons. The van der Waals surface area contributed by atoms with Gasteiger partial charge in [-0.15, -0.1) is 0 Å². The average Bonchev–Trinajstić information content (AvgIpc) is 2.85. The Balaban J connectivity index is 2.13. The SMILES string of the molecule is CC(C)c1ccc(S(=O)(=O)NC2CCCC2CO)cc1. The molecule has 0 saturated heterocycles. The fraction of sp³-hybridized carbons (Fsp3) is 0.600. The van der Waals surface area contributed by atoms with Crippen molar-refractivity contribution < 1.29 is 13.5 Å². The zero-order valence-corrected chi connectivity index (χ0v) is 12.9. The molecule has 0 amide bonds. The molecule has 1 aliphatic rings. The lowest BCUT2D eigenvalue weighted by Crippen LogP contribution is -2.38. The standard InChI is InChI=1S/C15H23NO3S/c1-11(2)12-6-8-14(9-7-12)20(18,19)16-15-5-3-4-13(15)10-17/h6-9,11,13,15-17H,3-5,10H2,1-2H3. The van der Waals surface area contributed by atoms with Gasteiger partial charge in [-0.25, -0.2) is 13.1 Å². The first-order valence-corrected chi connectivity index (χ1v) is 8.65. The topological polar surface area (TPSA) is 66.4 Å². The molecular weight excluding hydrogens is 274 g/mol. The lowest BCUT2D eigenvalue weighted by Gasteiger charge is -2.19. The second-order valence-electron chi connectivity index (χ2n) is 5.83. The molecule has 20 heavy (non-hydrogen) atoms. The highest BCUT2D eigenvalue weighted by molar-refractivity contribution is 7.89. The van der Waals surface area contributed by atoms with Crippen molar-refractivity contribution in [2.24, 2.45) is 5.92 Å². The quantitative estimate of drug-likeness (QED) is 0.876. The third kappa shape index (κ3) is 3.40. The molecule has 5 heteroatoms. The van der Waals surface area contributed by atoms with Gasteiger partial charge < -0.3 is 5.11 Å². The molecule has 0 spiro atoms. The molecule has 2 N–H and O–H groups in total. The van der Waals surface area contributed by atoms with Gasteiger partial charge in [0, 0.05) is 12.6 Å². The Hall–Kier alpha value is -0.910. The zero-order valence-electron chi connectivity index (χ0n) is 12.0. The van der Waals surface area contributed by atoms with E-state index in [-0.39, 0.29) is 18.6 Å². The minimum atomic E-state index is -3.49. The van der Waals surface area contributed by atoms with Crippen LogP contribution < -0.4 is 4.72 Å². The van der Waals surface area contributed by atoms with Crippen LogP contribution in [-0.4, -0.2) is 26.2 Å². The minimum absolute atomic E-state index is 0.0411. The number of rotatable bonds is 5. The highest BCUT2D eigenvalue weighted by Gasteiger charge is 2.30. The van der Waals surface area contributed by atoms with E-state index in [0.29, 0.717) is 10.8 Å². The van der Waals surface area contributed by atoms with Gasteiger partial charge in [0.1, 0.15) is 0 Å². The van der Waals surface area contributed by atoms with Gasteiger partial charge in [0.05, 0.1) is 4.90 Å². The summed E-state index contributed by atoms with van der Waals surface area (Å²) in [5.41, 5.74) is 1.12. The van der Waals surface area contributed by atoms with E-state index in [4.69, 9.17) is 0 Å². The summed E-state index contributed by atoms with van der Waals surface area (Å²) in [7, 11) is -3.49. The predicted molar refractivity (Wildman–Crippen MR) is 79.1 cm³/mol. The lowest BCUT2D eigenvalue weighted by atomic mass is 10.0. The van der Waals surface area contributed by atoms with Crippen LogP contribution in [0, 0.1) is 5.92 Å². The molecule has 0 bridgehead atoms. The van der Waals surface area contributed by atoms with Gasteiger partial charge in [-0.3, -0.25) is 0 Å². The molecule has 1 aromatic carbocycles. The number of aliphatic hydroxyl groups is 1. The summed E-state index contributed by atoms with van der Waals surface area (Å²) in [6, 6.07) is 6.88. The molecule has 2 rings (SSSR count). The Morgan fingerprint density at radius 3 is 2.45 bits per heavy atom. The van der Waals surface area contributed by atoms with Crippen molar-refractivity contribution in [2.75, 3.05) is 6.61 Å². The molecule has 1 aliphatic carbocycles. The van der Waals surface area contributed by atoms with Crippen LogP contribution in [0.15, 0.2) is 29.2 Å². The van der Waals surface area contributed by atoms with Crippen molar-refractivity contribution in [3.63, 3.8) is 0 Å². The van der Waals surface area contributed by atoms with Crippen molar-refractivity contribution in [1.29, 1.82) is 0 Å². The first kappa shape index (κ1) is 15.5. The maximum Gasteiger partial charge on any atom is 0.240 e. The molecule has 1 aromatic rings. The molecule has 2 atom stereocenters. The second-order valence-corrected chi connectivity index (χ2v) is 7.54. The normalized spacial score (nSPS) is 23.4. The Kier molecular flexibility index (Phi) is 4.83. The Bertz CT molecular complexity index is 537. The van der Waals surface area contributed by atoms with Gasteiger partial charge in [-0.1, -0.05) is 32.4 Å². The number of benzene rings is 1. The van der Waals surface area contributed by atoms with Crippen molar-refractivity contribution in [3.05, 3.63) is 29.8 Å².